The second kappa shape index (κ2) is 8.55. The van der Waals surface area contributed by atoms with Crippen LogP contribution in [0.5, 0.6) is 0 Å². The number of hydrogen-bond acceptors (Lipinski definition) is 3. The van der Waals surface area contributed by atoms with Crippen LogP contribution in [-0.2, 0) is 6.54 Å². The van der Waals surface area contributed by atoms with Crippen molar-refractivity contribution < 1.29 is 0 Å². The molecule has 122 valence electrons. The summed E-state index contributed by atoms with van der Waals surface area (Å²) in [5, 5.41) is 6.72. The Hall–Kier alpha value is -1.05. The maximum atomic E-state index is 4.63. The standard InChI is InChI=1S/C16H25N5.HI/c1-2-17-16(20-14-6-7-14)19-12-13-5-8-15(18-11-13)21-9-3-4-10-21;/h5,8,11,14H,2-4,6-7,9-10,12H2,1H3,(H2,17,19,20);1H. The average Bonchev–Trinajstić information content (AvgIpc) is 3.16. The van der Waals surface area contributed by atoms with Gasteiger partial charge < -0.3 is 15.5 Å². The lowest BCUT2D eigenvalue weighted by atomic mass is 10.3. The predicted octanol–water partition coefficient (Wildman–Crippen LogP) is 2.52. The van der Waals surface area contributed by atoms with Crippen LogP contribution < -0.4 is 15.5 Å². The fourth-order valence-corrected chi connectivity index (χ4v) is 2.55. The molecule has 1 aromatic heterocycles. The van der Waals surface area contributed by atoms with E-state index in [2.05, 4.69) is 44.6 Å². The van der Waals surface area contributed by atoms with E-state index in [1.54, 1.807) is 0 Å². The van der Waals surface area contributed by atoms with Crippen molar-refractivity contribution in [2.75, 3.05) is 24.5 Å². The summed E-state index contributed by atoms with van der Waals surface area (Å²) in [5.74, 6) is 2.02. The number of nitrogens with zero attached hydrogens (tertiary/aromatic N) is 3. The van der Waals surface area contributed by atoms with E-state index in [1.807, 2.05) is 6.20 Å². The number of pyridine rings is 1. The molecule has 5 nitrogen and oxygen atoms in total. The van der Waals surface area contributed by atoms with E-state index in [0.29, 0.717) is 12.6 Å². The van der Waals surface area contributed by atoms with Crippen LogP contribution in [0.2, 0.25) is 0 Å². The second-order valence-corrected chi connectivity index (χ2v) is 5.83. The quantitative estimate of drug-likeness (QED) is 0.441. The molecule has 0 bridgehead atoms. The molecule has 2 aliphatic rings. The predicted molar refractivity (Wildman–Crippen MR) is 102 cm³/mol. The number of anilines is 1. The van der Waals surface area contributed by atoms with Crippen LogP contribution in [0.15, 0.2) is 23.3 Å². The van der Waals surface area contributed by atoms with Gasteiger partial charge in [0.2, 0.25) is 0 Å². The third-order valence-electron chi connectivity index (χ3n) is 3.92. The van der Waals surface area contributed by atoms with Gasteiger partial charge in [-0.1, -0.05) is 6.07 Å². The number of aliphatic imine (C=N–C) groups is 1. The minimum Gasteiger partial charge on any atom is -0.357 e. The first-order valence-corrected chi connectivity index (χ1v) is 8.10. The lowest BCUT2D eigenvalue weighted by Gasteiger charge is -2.16. The highest BCUT2D eigenvalue weighted by Gasteiger charge is 2.22. The van der Waals surface area contributed by atoms with Gasteiger partial charge in [0.05, 0.1) is 6.54 Å². The SMILES string of the molecule is CCNC(=NCc1ccc(N2CCCC2)nc1)NC1CC1.I. The number of halogens is 1. The van der Waals surface area contributed by atoms with Gasteiger partial charge in [-0.15, -0.1) is 24.0 Å². The van der Waals surface area contributed by atoms with Crippen LogP contribution in [0.4, 0.5) is 5.82 Å². The summed E-state index contributed by atoms with van der Waals surface area (Å²) in [6, 6.07) is 4.89. The van der Waals surface area contributed by atoms with Gasteiger partial charge in [0, 0.05) is 31.9 Å². The maximum absolute atomic E-state index is 4.63. The molecule has 2 N–H and O–H groups in total. The first kappa shape index (κ1) is 17.3. The van der Waals surface area contributed by atoms with Gasteiger partial charge in [-0.3, -0.25) is 0 Å². The Balaban J connectivity index is 0.00000176. The zero-order valence-corrected chi connectivity index (χ0v) is 15.5. The highest BCUT2D eigenvalue weighted by molar-refractivity contribution is 14.0. The zero-order chi connectivity index (χ0) is 14.5. The van der Waals surface area contributed by atoms with Crippen molar-refractivity contribution >= 4 is 35.8 Å². The molecule has 0 atom stereocenters. The third-order valence-corrected chi connectivity index (χ3v) is 3.92. The van der Waals surface area contributed by atoms with Crippen molar-refractivity contribution in [3.05, 3.63) is 23.9 Å². The van der Waals surface area contributed by atoms with E-state index >= 15 is 0 Å². The summed E-state index contributed by atoms with van der Waals surface area (Å²) in [4.78, 5) is 11.6. The van der Waals surface area contributed by atoms with Crippen LogP contribution in [0.1, 0.15) is 38.2 Å². The highest BCUT2D eigenvalue weighted by Crippen LogP contribution is 2.19. The minimum atomic E-state index is 0. The summed E-state index contributed by atoms with van der Waals surface area (Å²) >= 11 is 0. The van der Waals surface area contributed by atoms with E-state index in [-0.39, 0.29) is 24.0 Å². The number of nitrogens with one attached hydrogen (secondary N) is 2. The van der Waals surface area contributed by atoms with Gasteiger partial charge >= 0.3 is 0 Å². The number of rotatable bonds is 5. The second-order valence-electron chi connectivity index (χ2n) is 5.83. The lowest BCUT2D eigenvalue weighted by Crippen LogP contribution is -2.38. The fraction of sp³-hybridized carbons (Fsp3) is 0.625. The molecule has 1 aliphatic heterocycles. The monoisotopic (exact) mass is 415 g/mol. The molecule has 2 heterocycles. The van der Waals surface area contributed by atoms with Crippen molar-refractivity contribution in [1.29, 1.82) is 0 Å². The van der Waals surface area contributed by atoms with Crippen LogP contribution >= 0.6 is 24.0 Å². The van der Waals surface area contributed by atoms with E-state index in [9.17, 15) is 0 Å². The Morgan fingerprint density at radius 2 is 2.09 bits per heavy atom. The largest absolute Gasteiger partial charge is 0.357 e. The van der Waals surface area contributed by atoms with Crippen LogP contribution in [0.25, 0.3) is 0 Å². The van der Waals surface area contributed by atoms with Crippen molar-refractivity contribution in [2.45, 2.75) is 45.2 Å². The van der Waals surface area contributed by atoms with Gasteiger partial charge in [-0.25, -0.2) is 9.98 Å². The zero-order valence-electron chi connectivity index (χ0n) is 13.2. The number of hydrogen-bond donors (Lipinski definition) is 2. The number of aromatic nitrogens is 1. The average molecular weight is 415 g/mol. The van der Waals surface area contributed by atoms with Crippen LogP contribution in [0, 0.1) is 0 Å². The Kier molecular flexibility index (Phi) is 6.72. The Morgan fingerprint density at radius 3 is 2.68 bits per heavy atom. The molecule has 22 heavy (non-hydrogen) atoms. The normalized spacial score (nSPS) is 18.0. The molecule has 0 spiro atoms. The summed E-state index contributed by atoms with van der Waals surface area (Å²) in [6.07, 6.45) is 7.05. The van der Waals surface area contributed by atoms with Crippen molar-refractivity contribution in [3.8, 4) is 0 Å². The van der Waals surface area contributed by atoms with Crippen LogP contribution in [-0.4, -0.2) is 36.6 Å². The number of guanidine groups is 1. The Bertz CT molecular complexity index is 478. The molecule has 0 aromatic carbocycles. The smallest absolute Gasteiger partial charge is 0.191 e. The van der Waals surface area contributed by atoms with Gasteiger partial charge in [0.25, 0.3) is 0 Å². The molecule has 1 aromatic rings. The molecule has 0 unspecified atom stereocenters. The lowest BCUT2D eigenvalue weighted by molar-refractivity contribution is 0.811. The van der Waals surface area contributed by atoms with Crippen molar-refractivity contribution in [1.82, 2.24) is 15.6 Å². The molecule has 0 amide bonds. The summed E-state index contributed by atoms with van der Waals surface area (Å²) in [6.45, 7) is 5.94. The fourth-order valence-electron chi connectivity index (χ4n) is 2.55. The summed E-state index contributed by atoms with van der Waals surface area (Å²) < 4.78 is 0. The molecule has 1 saturated heterocycles. The molecular formula is C16H26IN5. The molecule has 6 heteroatoms. The maximum Gasteiger partial charge on any atom is 0.191 e. The topological polar surface area (TPSA) is 52.6 Å². The van der Waals surface area contributed by atoms with E-state index in [4.69, 9.17) is 0 Å². The first-order chi connectivity index (χ1) is 10.3. The molecule has 1 saturated carbocycles. The Labute approximate surface area is 150 Å². The summed E-state index contributed by atoms with van der Waals surface area (Å²) in [7, 11) is 0. The molecule has 3 rings (SSSR count). The minimum absolute atomic E-state index is 0. The first-order valence-electron chi connectivity index (χ1n) is 8.10. The van der Waals surface area contributed by atoms with Gasteiger partial charge in [-0.2, -0.15) is 0 Å². The molecule has 0 radical (unpaired) electrons. The summed E-state index contributed by atoms with van der Waals surface area (Å²) in [5.41, 5.74) is 1.16. The molecular weight excluding hydrogens is 389 g/mol. The van der Waals surface area contributed by atoms with E-state index in [0.717, 1.165) is 37.0 Å². The molecule has 2 fully saturated rings. The molecule has 1 aliphatic carbocycles. The van der Waals surface area contributed by atoms with Gasteiger partial charge in [0.1, 0.15) is 5.82 Å². The van der Waals surface area contributed by atoms with Gasteiger partial charge in [0.15, 0.2) is 5.96 Å². The Morgan fingerprint density at radius 1 is 1.32 bits per heavy atom. The van der Waals surface area contributed by atoms with Crippen LogP contribution in [0.3, 0.4) is 0 Å². The third kappa shape index (κ3) is 5.00. The van der Waals surface area contributed by atoms with Crippen molar-refractivity contribution in [2.24, 2.45) is 4.99 Å². The van der Waals surface area contributed by atoms with Gasteiger partial charge in [-0.05, 0) is 44.2 Å². The highest BCUT2D eigenvalue weighted by atomic mass is 127. The van der Waals surface area contributed by atoms with E-state index in [1.165, 1.54) is 25.7 Å². The van der Waals surface area contributed by atoms with E-state index < -0.39 is 0 Å². The van der Waals surface area contributed by atoms with Crippen molar-refractivity contribution in [3.63, 3.8) is 0 Å².